The van der Waals surface area contributed by atoms with E-state index in [-0.39, 0.29) is 30.4 Å². The molecule has 1 aromatic rings. The van der Waals surface area contributed by atoms with E-state index in [1.165, 1.54) is 0 Å². The molecule has 0 aromatic heterocycles. The molecule has 1 N–H and O–H groups in total. The van der Waals surface area contributed by atoms with E-state index in [0.29, 0.717) is 37.6 Å². The molecule has 2 heterocycles. The van der Waals surface area contributed by atoms with E-state index in [9.17, 15) is 14.4 Å². The second-order valence-corrected chi connectivity index (χ2v) is 8.37. The van der Waals surface area contributed by atoms with Crippen molar-refractivity contribution in [1.82, 2.24) is 15.1 Å². The number of ether oxygens (including phenoxy) is 2. The number of hydrogen-bond donors (Lipinski definition) is 1. The summed E-state index contributed by atoms with van der Waals surface area (Å²) in [6.07, 6.45) is 3.18. The molecular formula is C22H29N3O5. The van der Waals surface area contributed by atoms with Gasteiger partial charge in [-0.25, -0.2) is 4.79 Å². The molecule has 8 heteroatoms. The van der Waals surface area contributed by atoms with Gasteiger partial charge in [0.1, 0.15) is 18.7 Å². The lowest BCUT2D eigenvalue weighted by Gasteiger charge is -2.37. The quantitative estimate of drug-likeness (QED) is 0.745. The molecule has 8 nitrogen and oxygen atoms in total. The molecule has 4 rings (SSSR count). The molecule has 3 aliphatic rings. The Hall–Kier alpha value is -2.77. The molecule has 3 atom stereocenters. The summed E-state index contributed by atoms with van der Waals surface area (Å²) >= 11 is 0. The van der Waals surface area contributed by atoms with E-state index in [1.807, 2.05) is 38.1 Å². The van der Waals surface area contributed by atoms with Crippen LogP contribution in [0.15, 0.2) is 24.3 Å². The van der Waals surface area contributed by atoms with Gasteiger partial charge in [-0.2, -0.15) is 0 Å². The summed E-state index contributed by atoms with van der Waals surface area (Å²) in [5, 5.41) is 2.90. The minimum Gasteiger partial charge on any atom is -0.486 e. The van der Waals surface area contributed by atoms with Crippen LogP contribution in [-0.2, 0) is 9.59 Å². The topological polar surface area (TPSA) is 88.2 Å². The van der Waals surface area contributed by atoms with Crippen molar-refractivity contribution in [3.05, 3.63) is 24.3 Å². The number of rotatable bonds is 5. The predicted octanol–water partition coefficient (Wildman–Crippen LogP) is 2.18. The van der Waals surface area contributed by atoms with Crippen molar-refractivity contribution >= 4 is 17.8 Å². The molecule has 30 heavy (non-hydrogen) atoms. The SMILES string of the molecule is CCN(C[C@@H]1COc2ccccc2O1)C(=O)CN1C(=O)N[C@]2(CCCC[C@H]2C)C1=O. The molecule has 2 fully saturated rings. The number of fused-ring (bicyclic) bond motifs is 1. The first-order valence-corrected chi connectivity index (χ1v) is 10.7. The molecule has 0 unspecified atom stereocenters. The van der Waals surface area contributed by atoms with Crippen LogP contribution >= 0.6 is 0 Å². The third kappa shape index (κ3) is 3.59. The highest BCUT2D eigenvalue weighted by Crippen LogP contribution is 2.38. The van der Waals surface area contributed by atoms with Crippen LogP contribution < -0.4 is 14.8 Å². The lowest BCUT2D eigenvalue weighted by atomic mass is 9.73. The van der Waals surface area contributed by atoms with Gasteiger partial charge in [-0.15, -0.1) is 0 Å². The molecule has 0 radical (unpaired) electrons. The minimum absolute atomic E-state index is 0.0675. The highest BCUT2D eigenvalue weighted by molar-refractivity contribution is 6.09. The van der Waals surface area contributed by atoms with Gasteiger partial charge in [0.15, 0.2) is 17.6 Å². The van der Waals surface area contributed by atoms with E-state index in [2.05, 4.69) is 5.32 Å². The normalized spacial score (nSPS) is 27.9. The Balaban J connectivity index is 1.40. The van der Waals surface area contributed by atoms with Crippen molar-refractivity contribution in [3.63, 3.8) is 0 Å². The van der Waals surface area contributed by atoms with Gasteiger partial charge in [-0.05, 0) is 37.8 Å². The monoisotopic (exact) mass is 415 g/mol. The fourth-order valence-corrected chi connectivity index (χ4v) is 4.68. The zero-order valence-electron chi connectivity index (χ0n) is 17.6. The van der Waals surface area contributed by atoms with Gasteiger partial charge in [0, 0.05) is 6.54 Å². The highest BCUT2D eigenvalue weighted by Gasteiger charge is 2.55. The number of nitrogens with zero attached hydrogens (tertiary/aromatic N) is 2. The highest BCUT2D eigenvalue weighted by atomic mass is 16.6. The summed E-state index contributed by atoms with van der Waals surface area (Å²) in [4.78, 5) is 41.3. The number of amides is 4. The van der Waals surface area contributed by atoms with Crippen molar-refractivity contribution in [1.29, 1.82) is 0 Å². The summed E-state index contributed by atoms with van der Waals surface area (Å²) < 4.78 is 11.7. The fraction of sp³-hybridized carbons (Fsp3) is 0.591. The Morgan fingerprint density at radius 3 is 2.77 bits per heavy atom. The van der Waals surface area contributed by atoms with Crippen LogP contribution in [0.4, 0.5) is 4.79 Å². The van der Waals surface area contributed by atoms with Crippen LogP contribution in [-0.4, -0.2) is 65.5 Å². The Morgan fingerprint density at radius 2 is 2.03 bits per heavy atom. The molecule has 1 aromatic carbocycles. The maximum atomic E-state index is 13.1. The van der Waals surface area contributed by atoms with Crippen LogP contribution in [0.2, 0.25) is 0 Å². The molecule has 1 aliphatic carbocycles. The number of likely N-dealkylation sites (N-methyl/N-ethyl adjacent to an activating group) is 1. The van der Waals surface area contributed by atoms with Gasteiger partial charge in [-0.1, -0.05) is 31.9 Å². The Kier molecular flexibility index (Phi) is 5.58. The number of imide groups is 1. The van der Waals surface area contributed by atoms with Gasteiger partial charge in [0.2, 0.25) is 5.91 Å². The van der Waals surface area contributed by atoms with Crippen molar-refractivity contribution in [2.45, 2.75) is 51.2 Å². The summed E-state index contributed by atoms with van der Waals surface area (Å²) in [5.41, 5.74) is -0.851. The number of para-hydroxylation sites is 2. The van der Waals surface area contributed by atoms with Crippen LogP contribution in [0.3, 0.4) is 0 Å². The number of benzene rings is 1. The first-order valence-electron chi connectivity index (χ1n) is 10.7. The number of carbonyl (C=O) groups excluding carboxylic acids is 3. The van der Waals surface area contributed by atoms with Crippen LogP contribution in [0.1, 0.15) is 39.5 Å². The third-order valence-corrected chi connectivity index (χ3v) is 6.52. The minimum atomic E-state index is -0.851. The number of carbonyl (C=O) groups is 3. The Labute approximate surface area is 176 Å². The average molecular weight is 415 g/mol. The van der Waals surface area contributed by atoms with Crippen LogP contribution in [0, 0.1) is 5.92 Å². The molecule has 1 spiro atoms. The molecule has 4 amide bonds. The van der Waals surface area contributed by atoms with Gasteiger partial charge in [-0.3, -0.25) is 14.5 Å². The molecule has 1 saturated heterocycles. The largest absolute Gasteiger partial charge is 0.486 e. The van der Waals surface area contributed by atoms with E-state index in [0.717, 1.165) is 24.2 Å². The molecule has 2 aliphatic heterocycles. The van der Waals surface area contributed by atoms with E-state index < -0.39 is 11.6 Å². The summed E-state index contributed by atoms with van der Waals surface area (Å²) in [5.74, 6) is 0.867. The number of hydrogen-bond acceptors (Lipinski definition) is 5. The van der Waals surface area contributed by atoms with Gasteiger partial charge < -0.3 is 19.7 Å². The van der Waals surface area contributed by atoms with Gasteiger partial charge in [0.25, 0.3) is 5.91 Å². The fourth-order valence-electron chi connectivity index (χ4n) is 4.68. The standard InChI is InChI=1S/C22H29N3O5/c1-3-24(12-16-14-29-17-9-4-5-10-18(17)30-16)19(26)13-25-20(27)22(23-21(25)28)11-7-6-8-15(22)2/h4-5,9-10,15-16H,3,6-8,11-14H2,1-2H3,(H,23,28)/t15-,16-,22+/m1/s1. The summed E-state index contributed by atoms with van der Waals surface area (Å²) in [7, 11) is 0. The zero-order chi connectivity index (χ0) is 21.3. The van der Waals surface area contributed by atoms with Crippen molar-refractivity contribution < 1.29 is 23.9 Å². The number of urea groups is 1. The van der Waals surface area contributed by atoms with Crippen molar-refractivity contribution in [3.8, 4) is 11.5 Å². The predicted molar refractivity (Wildman–Crippen MR) is 109 cm³/mol. The van der Waals surface area contributed by atoms with Gasteiger partial charge in [0.05, 0.1) is 6.54 Å². The van der Waals surface area contributed by atoms with Crippen LogP contribution in [0.5, 0.6) is 11.5 Å². The van der Waals surface area contributed by atoms with Crippen molar-refractivity contribution in [2.24, 2.45) is 5.92 Å². The van der Waals surface area contributed by atoms with Crippen LogP contribution in [0.25, 0.3) is 0 Å². The Morgan fingerprint density at radius 1 is 1.27 bits per heavy atom. The lowest BCUT2D eigenvalue weighted by molar-refractivity contribution is -0.141. The van der Waals surface area contributed by atoms with E-state index >= 15 is 0 Å². The maximum absolute atomic E-state index is 13.1. The first kappa shape index (κ1) is 20.5. The molecule has 1 saturated carbocycles. The average Bonchev–Trinajstić information content (AvgIpc) is 2.98. The lowest BCUT2D eigenvalue weighted by Crippen LogP contribution is -2.54. The van der Waals surface area contributed by atoms with E-state index in [4.69, 9.17) is 9.47 Å². The Bertz CT molecular complexity index is 844. The third-order valence-electron chi connectivity index (χ3n) is 6.52. The molecular weight excluding hydrogens is 386 g/mol. The second kappa shape index (κ2) is 8.16. The summed E-state index contributed by atoms with van der Waals surface area (Å²) in [6.45, 7) is 4.73. The smallest absolute Gasteiger partial charge is 0.325 e. The zero-order valence-corrected chi connectivity index (χ0v) is 17.6. The maximum Gasteiger partial charge on any atom is 0.325 e. The summed E-state index contributed by atoms with van der Waals surface area (Å²) in [6, 6.07) is 6.95. The molecule has 162 valence electrons. The van der Waals surface area contributed by atoms with E-state index in [1.54, 1.807) is 4.90 Å². The number of nitrogens with one attached hydrogen (secondary N) is 1. The van der Waals surface area contributed by atoms with Gasteiger partial charge >= 0.3 is 6.03 Å². The van der Waals surface area contributed by atoms with Crippen molar-refractivity contribution in [2.75, 3.05) is 26.2 Å². The first-order chi connectivity index (χ1) is 14.4. The second-order valence-electron chi connectivity index (χ2n) is 8.37. The molecule has 0 bridgehead atoms.